The fourth-order valence-electron chi connectivity index (χ4n) is 5.62. The predicted octanol–water partition coefficient (Wildman–Crippen LogP) is 1.46. The maximum Gasteiger partial charge on any atom is 0.243 e. The summed E-state index contributed by atoms with van der Waals surface area (Å²) in [4.78, 5) is 41.4. The summed E-state index contributed by atoms with van der Waals surface area (Å²) in [6.45, 7) is 5.62. The number of allylic oxidation sites excluding steroid dienone is 1. The maximum atomic E-state index is 13.6. The van der Waals surface area contributed by atoms with E-state index < -0.39 is 23.9 Å². The number of amides is 3. The highest BCUT2D eigenvalue weighted by Crippen LogP contribution is 2.45. The molecule has 3 N–H and O–H groups in total. The fraction of sp³-hybridized carbons (Fsp3) is 0.783. The Morgan fingerprint density at radius 1 is 1.17 bits per heavy atom. The van der Waals surface area contributed by atoms with Crippen molar-refractivity contribution >= 4 is 17.7 Å². The Labute approximate surface area is 179 Å². The number of likely N-dealkylation sites (tertiary alicyclic amines) is 1. The number of fused-ring (bicyclic) bond motifs is 1. The molecule has 2 aliphatic carbocycles. The van der Waals surface area contributed by atoms with Crippen molar-refractivity contribution in [1.29, 1.82) is 0 Å². The number of hydrogen-bond acceptors (Lipinski definition) is 4. The molecule has 2 fully saturated rings. The van der Waals surface area contributed by atoms with Gasteiger partial charge in [-0.25, -0.2) is 0 Å². The van der Waals surface area contributed by atoms with Crippen LogP contribution < -0.4 is 10.6 Å². The normalized spacial score (nSPS) is 32.8. The second-order valence-corrected chi connectivity index (χ2v) is 9.51. The third-order valence-electron chi connectivity index (χ3n) is 7.29. The van der Waals surface area contributed by atoms with Gasteiger partial charge in [-0.05, 0) is 24.7 Å². The van der Waals surface area contributed by atoms with Crippen molar-refractivity contribution in [1.82, 2.24) is 15.5 Å². The smallest absolute Gasteiger partial charge is 0.243 e. The quantitative estimate of drug-likeness (QED) is 0.568. The molecule has 3 rings (SSSR count). The van der Waals surface area contributed by atoms with Gasteiger partial charge in [0.2, 0.25) is 17.7 Å². The summed E-state index contributed by atoms with van der Waals surface area (Å²) in [6, 6.07) is -1.02. The van der Waals surface area contributed by atoms with Crippen molar-refractivity contribution in [2.45, 2.75) is 71.0 Å². The molecule has 7 heteroatoms. The van der Waals surface area contributed by atoms with Gasteiger partial charge in [-0.15, -0.1) is 0 Å². The minimum Gasteiger partial charge on any atom is -0.394 e. The number of aliphatic hydroxyl groups excluding tert-OH is 1. The van der Waals surface area contributed by atoms with Crippen molar-refractivity contribution in [2.24, 2.45) is 29.6 Å². The number of aliphatic hydroxyl groups is 1. The Kier molecular flexibility index (Phi) is 7.22. The first-order chi connectivity index (χ1) is 14.3. The van der Waals surface area contributed by atoms with Crippen molar-refractivity contribution in [3.8, 4) is 0 Å². The molecule has 3 amide bonds. The Morgan fingerprint density at radius 2 is 1.83 bits per heavy atom. The van der Waals surface area contributed by atoms with Crippen LogP contribution in [0.25, 0.3) is 0 Å². The Bertz CT molecular complexity index is 686. The third-order valence-corrected chi connectivity index (χ3v) is 7.29. The summed E-state index contributed by atoms with van der Waals surface area (Å²) in [6.07, 6.45) is 9.23. The van der Waals surface area contributed by atoms with Crippen LogP contribution in [0.4, 0.5) is 0 Å². The molecule has 0 aromatic carbocycles. The summed E-state index contributed by atoms with van der Waals surface area (Å²) < 4.78 is 0. The van der Waals surface area contributed by atoms with E-state index in [1.807, 2.05) is 32.9 Å². The molecule has 0 radical (unpaired) electrons. The van der Waals surface area contributed by atoms with Gasteiger partial charge >= 0.3 is 0 Å². The summed E-state index contributed by atoms with van der Waals surface area (Å²) in [5.41, 5.74) is 0. The van der Waals surface area contributed by atoms with Crippen LogP contribution in [0.5, 0.6) is 0 Å². The van der Waals surface area contributed by atoms with E-state index in [1.54, 1.807) is 11.9 Å². The molecule has 3 aliphatic rings. The maximum absolute atomic E-state index is 13.6. The van der Waals surface area contributed by atoms with E-state index in [4.69, 9.17) is 0 Å². The lowest BCUT2D eigenvalue weighted by molar-refractivity contribution is -0.144. The first-order valence-electron chi connectivity index (χ1n) is 11.4. The molecule has 0 unspecified atom stereocenters. The zero-order valence-electron chi connectivity index (χ0n) is 18.6. The topological polar surface area (TPSA) is 98.7 Å². The molecule has 1 saturated heterocycles. The monoisotopic (exact) mass is 419 g/mol. The minimum absolute atomic E-state index is 0.0102. The van der Waals surface area contributed by atoms with Gasteiger partial charge in [0.25, 0.3) is 0 Å². The van der Waals surface area contributed by atoms with E-state index in [9.17, 15) is 19.5 Å². The zero-order chi connectivity index (χ0) is 22.0. The lowest BCUT2D eigenvalue weighted by Gasteiger charge is -2.36. The Hall–Kier alpha value is -1.89. The van der Waals surface area contributed by atoms with Gasteiger partial charge < -0.3 is 20.6 Å². The molecule has 1 saturated carbocycles. The third kappa shape index (κ3) is 4.13. The molecule has 0 bridgehead atoms. The molecule has 0 aromatic heterocycles. The number of hydrogen-bond donors (Lipinski definition) is 3. The number of nitrogens with zero attached hydrogens (tertiary/aromatic N) is 1. The second kappa shape index (κ2) is 9.50. The molecule has 1 heterocycles. The van der Waals surface area contributed by atoms with Crippen LogP contribution in [-0.2, 0) is 14.4 Å². The van der Waals surface area contributed by atoms with Crippen LogP contribution >= 0.6 is 0 Å². The molecule has 0 aromatic rings. The van der Waals surface area contributed by atoms with Gasteiger partial charge in [-0.2, -0.15) is 0 Å². The van der Waals surface area contributed by atoms with Gasteiger partial charge in [0.1, 0.15) is 6.04 Å². The van der Waals surface area contributed by atoms with Crippen molar-refractivity contribution in [3.63, 3.8) is 0 Å². The van der Waals surface area contributed by atoms with Crippen LogP contribution in [0.2, 0.25) is 0 Å². The number of carbonyl (C=O) groups excluding carboxylic acids is 3. The van der Waals surface area contributed by atoms with E-state index in [-0.39, 0.29) is 48.1 Å². The molecule has 6 atom stereocenters. The highest BCUT2D eigenvalue weighted by atomic mass is 16.3. The van der Waals surface area contributed by atoms with E-state index >= 15 is 0 Å². The van der Waals surface area contributed by atoms with Crippen molar-refractivity contribution < 1.29 is 19.5 Å². The van der Waals surface area contributed by atoms with Crippen molar-refractivity contribution in [3.05, 3.63) is 12.2 Å². The largest absolute Gasteiger partial charge is 0.394 e. The van der Waals surface area contributed by atoms with Crippen LogP contribution in [0.3, 0.4) is 0 Å². The van der Waals surface area contributed by atoms with Crippen LogP contribution in [-0.4, -0.2) is 59.5 Å². The molecule has 30 heavy (non-hydrogen) atoms. The fourth-order valence-corrected chi connectivity index (χ4v) is 5.62. The Morgan fingerprint density at radius 3 is 2.40 bits per heavy atom. The van der Waals surface area contributed by atoms with Gasteiger partial charge in [0.15, 0.2) is 0 Å². The molecular weight excluding hydrogens is 382 g/mol. The van der Waals surface area contributed by atoms with Crippen molar-refractivity contribution in [2.75, 3.05) is 13.7 Å². The summed E-state index contributed by atoms with van der Waals surface area (Å²) >= 11 is 0. The second-order valence-electron chi connectivity index (χ2n) is 9.51. The highest BCUT2D eigenvalue weighted by Gasteiger charge is 2.58. The number of rotatable bonds is 6. The van der Waals surface area contributed by atoms with Gasteiger partial charge in [-0.3, -0.25) is 14.4 Å². The summed E-state index contributed by atoms with van der Waals surface area (Å²) in [5.74, 6) is -2.09. The van der Waals surface area contributed by atoms with Gasteiger partial charge in [0.05, 0.1) is 24.5 Å². The average molecular weight is 420 g/mol. The molecule has 1 aliphatic heterocycles. The summed E-state index contributed by atoms with van der Waals surface area (Å²) in [5, 5.41) is 16.0. The summed E-state index contributed by atoms with van der Waals surface area (Å²) in [7, 11) is 1.58. The molecular formula is C23H37N3O4. The van der Waals surface area contributed by atoms with E-state index in [0.29, 0.717) is 0 Å². The lowest BCUT2D eigenvalue weighted by atomic mass is 9.70. The predicted molar refractivity (Wildman–Crippen MR) is 114 cm³/mol. The Balaban J connectivity index is 1.97. The SMILES string of the molecule is CNC(=O)[C@H]1[C@H]2C(=O)N([C@@H](CO)C(C)C)[C@H](C(=O)NC3CCCCC3)[C@H]2C=C[C@H]1C. The molecule has 0 spiro atoms. The molecule has 168 valence electrons. The number of nitrogens with one attached hydrogen (secondary N) is 2. The van der Waals surface area contributed by atoms with Crippen LogP contribution in [0, 0.1) is 29.6 Å². The van der Waals surface area contributed by atoms with Crippen LogP contribution in [0.15, 0.2) is 12.2 Å². The number of carbonyl (C=O) groups is 3. The highest BCUT2D eigenvalue weighted by molar-refractivity contribution is 5.97. The first-order valence-corrected chi connectivity index (χ1v) is 11.4. The van der Waals surface area contributed by atoms with Gasteiger partial charge in [-0.1, -0.05) is 52.2 Å². The molecule has 7 nitrogen and oxygen atoms in total. The van der Waals surface area contributed by atoms with E-state index in [2.05, 4.69) is 10.6 Å². The lowest BCUT2D eigenvalue weighted by Crippen LogP contribution is -2.55. The average Bonchev–Trinajstić information content (AvgIpc) is 3.01. The first kappa shape index (κ1) is 22.8. The van der Waals surface area contributed by atoms with Gasteiger partial charge in [0, 0.05) is 19.0 Å². The van der Waals surface area contributed by atoms with Crippen LogP contribution in [0.1, 0.15) is 52.9 Å². The minimum atomic E-state index is -0.695. The standard InChI is InChI=1S/C23H37N3O4/c1-13(2)17(12-27)26-20(22(29)25-15-8-6-5-7-9-15)16-11-10-14(3)18(21(28)24-4)19(16)23(26)30/h10-11,13-20,27H,5-9,12H2,1-4H3,(H,24,28)(H,25,29)/t14-,16+,17+,18-,19+,20+/m1/s1. The van der Waals surface area contributed by atoms with E-state index in [1.165, 1.54) is 6.42 Å². The zero-order valence-corrected chi connectivity index (χ0v) is 18.6. The van der Waals surface area contributed by atoms with E-state index in [0.717, 1.165) is 25.7 Å².